The standard InChI is InChI=1S/C52H33FN2O/c53-46-18-10-16-44-42-13-3-5-19-47(42)55(51(44)46)49-21-7-6-20-48(49)54(39-29-25-35(26-30-39)38-24-23-34-11-1-2-12-37(34)33-38)40-31-27-36(28-32-40)41-15-9-17-45-43-14-4-8-22-50(43)56-52(41)45/h1-33H. The lowest BCUT2D eigenvalue weighted by atomic mass is 10.0. The van der Waals surface area contributed by atoms with Gasteiger partial charge in [0.25, 0.3) is 0 Å². The van der Waals surface area contributed by atoms with Gasteiger partial charge in [-0.3, -0.25) is 0 Å². The smallest absolute Gasteiger partial charge is 0.147 e. The third kappa shape index (κ3) is 5.11. The molecule has 0 aliphatic heterocycles. The average Bonchev–Trinajstić information content (AvgIpc) is 3.81. The molecule has 11 aromatic rings. The number of hydrogen-bond donors (Lipinski definition) is 0. The van der Waals surface area contributed by atoms with E-state index in [2.05, 4.69) is 155 Å². The number of benzene rings is 9. The first-order chi connectivity index (χ1) is 27.7. The van der Waals surface area contributed by atoms with E-state index in [9.17, 15) is 0 Å². The maximum atomic E-state index is 16.0. The van der Waals surface area contributed by atoms with Crippen molar-refractivity contribution in [2.75, 3.05) is 4.90 Å². The number of nitrogens with zero attached hydrogens (tertiary/aromatic N) is 2. The van der Waals surface area contributed by atoms with E-state index in [1.807, 2.05) is 42.5 Å². The molecule has 0 saturated carbocycles. The van der Waals surface area contributed by atoms with Crippen LogP contribution in [0.3, 0.4) is 0 Å². The highest BCUT2D eigenvalue weighted by Gasteiger charge is 2.22. The van der Waals surface area contributed by atoms with Crippen LogP contribution in [0.5, 0.6) is 0 Å². The minimum absolute atomic E-state index is 0.260. The van der Waals surface area contributed by atoms with Crippen LogP contribution in [-0.2, 0) is 0 Å². The van der Waals surface area contributed by atoms with Crippen molar-refractivity contribution >= 4 is 71.6 Å². The second kappa shape index (κ2) is 12.9. The van der Waals surface area contributed by atoms with Gasteiger partial charge in [0.05, 0.1) is 22.4 Å². The van der Waals surface area contributed by atoms with Crippen LogP contribution in [0.1, 0.15) is 0 Å². The van der Waals surface area contributed by atoms with Crippen LogP contribution < -0.4 is 4.90 Å². The highest BCUT2D eigenvalue weighted by Crippen LogP contribution is 2.44. The van der Waals surface area contributed by atoms with Gasteiger partial charge in [-0.2, -0.15) is 0 Å². The summed E-state index contributed by atoms with van der Waals surface area (Å²) in [6, 6.07) is 68.8. The molecule has 264 valence electrons. The number of rotatable bonds is 6. The molecule has 3 nitrogen and oxygen atoms in total. The summed E-state index contributed by atoms with van der Waals surface area (Å²) in [7, 11) is 0. The molecule has 2 aromatic heterocycles. The van der Waals surface area contributed by atoms with Gasteiger partial charge in [-0.25, -0.2) is 4.39 Å². The second-order valence-electron chi connectivity index (χ2n) is 14.2. The summed E-state index contributed by atoms with van der Waals surface area (Å²) in [5.74, 6) is -0.260. The Hall–Kier alpha value is -7.43. The van der Waals surface area contributed by atoms with Crippen LogP contribution in [-0.4, -0.2) is 4.57 Å². The predicted molar refractivity (Wildman–Crippen MR) is 231 cm³/mol. The predicted octanol–water partition coefficient (Wildman–Crippen LogP) is 14.8. The Balaban J connectivity index is 1.09. The molecule has 0 fully saturated rings. The first kappa shape index (κ1) is 32.0. The molecule has 2 heterocycles. The molecular formula is C52H33FN2O. The Morgan fingerprint density at radius 2 is 1.07 bits per heavy atom. The Kier molecular flexibility index (Phi) is 7.36. The molecule has 0 N–H and O–H groups in total. The minimum Gasteiger partial charge on any atom is -0.455 e. The van der Waals surface area contributed by atoms with E-state index >= 15 is 4.39 Å². The van der Waals surface area contributed by atoms with Crippen LogP contribution in [0.4, 0.5) is 21.5 Å². The first-order valence-electron chi connectivity index (χ1n) is 18.9. The normalized spacial score (nSPS) is 11.7. The molecule has 0 amide bonds. The highest BCUT2D eigenvalue weighted by molar-refractivity contribution is 6.11. The molecule has 0 saturated heterocycles. The second-order valence-corrected chi connectivity index (χ2v) is 14.2. The van der Waals surface area contributed by atoms with Gasteiger partial charge in [0.1, 0.15) is 17.0 Å². The number of fused-ring (bicyclic) bond motifs is 7. The molecular weight excluding hydrogens is 688 g/mol. The Morgan fingerprint density at radius 1 is 0.446 bits per heavy atom. The number of aromatic nitrogens is 1. The van der Waals surface area contributed by atoms with Crippen molar-refractivity contribution in [3.05, 3.63) is 206 Å². The number of halogens is 1. The maximum absolute atomic E-state index is 16.0. The molecule has 0 unspecified atom stereocenters. The van der Waals surface area contributed by atoms with Crippen LogP contribution in [0.2, 0.25) is 0 Å². The van der Waals surface area contributed by atoms with Crippen molar-refractivity contribution in [3.8, 4) is 27.9 Å². The molecule has 0 atom stereocenters. The molecule has 9 aromatic carbocycles. The van der Waals surface area contributed by atoms with Crippen molar-refractivity contribution in [3.63, 3.8) is 0 Å². The van der Waals surface area contributed by atoms with E-state index in [4.69, 9.17) is 4.42 Å². The van der Waals surface area contributed by atoms with Crippen molar-refractivity contribution < 1.29 is 8.81 Å². The van der Waals surface area contributed by atoms with Crippen LogP contribution >= 0.6 is 0 Å². The minimum atomic E-state index is -0.260. The van der Waals surface area contributed by atoms with Crippen molar-refractivity contribution in [2.24, 2.45) is 0 Å². The average molecular weight is 721 g/mol. The molecule has 0 aliphatic rings. The lowest BCUT2D eigenvalue weighted by Crippen LogP contribution is -2.13. The summed E-state index contributed by atoms with van der Waals surface area (Å²) in [6.07, 6.45) is 0. The zero-order valence-electron chi connectivity index (χ0n) is 30.2. The lowest BCUT2D eigenvalue weighted by molar-refractivity contribution is 0.635. The molecule has 0 spiro atoms. The lowest BCUT2D eigenvalue weighted by Gasteiger charge is -2.28. The van der Waals surface area contributed by atoms with E-state index in [1.165, 1.54) is 10.8 Å². The fraction of sp³-hybridized carbons (Fsp3) is 0. The molecule has 56 heavy (non-hydrogen) atoms. The summed E-state index contributed by atoms with van der Waals surface area (Å²) in [4.78, 5) is 2.27. The summed E-state index contributed by atoms with van der Waals surface area (Å²) < 4.78 is 24.5. The van der Waals surface area contributed by atoms with Gasteiger partial charge in [-0.1, -0.05) is 140 Å². The highest BCUT2D eigenvalue weighted by atomic mass is 19.1. The zero-order valence-corrected chi connectivity index (χ0v) is 30.2. The van der Waals surface area contributed by atoms with Gasteiger partial charge < -0.3 is 13.9 Å². The van der Waals surface area contributed by atoms with Gasteiger partial charge >= 0.3 is 0 Å². The quantitative estimate of drug-likeness (QED) is 0.171. The third-order valence-electron chi connectivity index (χ3n) is 11.1. The SMILES string of the molecule is Fc1cccc2c3ccccc3n(-c3ccccc3N(c3ccc(-c4ccc5ccccc5c4)cc3)c3ccc(-c4cccc5c4oc4ccccc45)cc3)c12. The van der Waals surface area contributed by atoms with Crippen molar-refractivity contribution in [1.29, 1.82) is 0 Å². The largest absolute Gasteiger partial charge is 0.455 e. The van der Waals surface area contributed by atoms with Crippen LogP contribution in [0.15, 0.2) is 205 Å². The molecule has 11 rings (SSSR count). The van der Waals surface area contributed by atoms with E-state index in [0.717, 1.165) is 83.2 Å². The van der Waals surface area contributed by atoms with Crippen LogP contribution in [0.25, 0.3) is 82.5 Å². The van der Waals surface area contributed by atoms with E-state index < -0.39 is 0 Å². The van der Waals surface area contributed by atoms with Gasteiger partial charge in [-0.15, -0.1) is 0 Å². The monoisotopic (exact) mass is 720 g/mol. The number of furan rings is 1. The van der Waals surface area contributed by atoms with Gasteiger partial charge in [0, 0.05) is 38.5 Å². The Bertz CT molecular complexity index is 3270. The maximum Gasteiger partial charge on any atom is 0.147 e. The van der Waals surface area contributed by atoms with E-state index in [-0.39, 0.29) is 5.82 Å². The fourth-order valence-electron chi connectivity index (χ4n) is 8.43. The third-order valence-corrected chi connectivity index (χ3v) is 11.1. The molecule has 0 radical (unpaired) electrons. The van der Waals surface area contributed by atoms with Gasteiger partial charge in [0.15, 0.2) is 0 Å². The van der Waals surface area contributed by atoms with E-state index in [1.54, 1.807) is 12.1 Å². The van der Waals surface area contributed by atoms with E-state index in [0.29, 0.717) is 5.52 Å². The zero-order chi connectivity index (χ0) is 37.2. The number of para-hydroxylation sites is 6. The molecule has 0 aliphatic carbocycles. The topological polar surface area (TPSA) is 21.3 Å². The Morgan fingerprint density at radius 3 is 1.91 bits per heavy atom. The van der Waals surface area contributed by atoms with Crippen molar-refractivity contribution in [1.82, 2.24) is 4.57 Å². The Labute approximate surface area is 322 Å². The fourth-order valence-corrected chi connectivity index (χ4v) is 8.43. The van der Waals surface area contributed by atoms with Crippen molar-refractivity contribution in [2.45, 2.75) is 0 Å². The van der Waals surface area contributed by atoms with Gasteiger partial charge in [0.2, 0.25) is 0 Å². The summed E-state index contributed by atoms with van der Waals surface area (Å²) >= 11 is 0. The molecule has 0 bridgehead atoms. The summed E-state index contributed by atoms with van der Waals surface area (Å²) in [6.45, 7) is 0. The first-order valence-corrected chi connectivity index (χ1v) is 18.9. The number of anilines is 3. The number of hydrogen-bond acceptors (Lipinski definition) is 2. The molecule has 4 heteroatoms. The summed E-state index contributed by atoms with van der Waals surface area (Å²) in [5, 5.41) is 6.52. The summed E-state index contributed by atoms with van der Waals surface area (Å²) in [5.41, 5.74) is 11.4. The van der Waals surface area contributed by atoms with Crippen LogP contribution in [0, 0.1) is 5.82 Å². The van der Waals surface area contributed by atoms with Gasteiger partial charge in [-0.05, 0) is 88.1 Å².